The van der Waals surface area contributed by atoms with Gasteiger partial charge in [-0.15, -0.1) is 0 Å². The molecular formula is C17H15FO. The van der Waals surface area contributed by atoms with Gasteiger partial charge in [0.15, 0.2) is 5.83 Å². The van der Waals surface area contributed by atoms with E-state index >= 15 is 0 Å². The Morgan fingerprint density at radius 1 is 0.895 bits per heavy atom. The fourth-order valence-corrected chi connectivity index (χ4v) is 1.72. The van der Waals surface area contributed by atoms with E-state index in [1.54, 1.807) is 36.4 Å². The Hall–Kier alpha value is -2.22. The van der Waals surface area contributed by atoms with Gasteiger partial charge in [-0.1, -0.05) is 59.7 Å². The number of ketones is 1. The first kappa shape index (κ1) is 13.2. The minimum Gasteiger partial charge on any atom is -0.286 e. The van der Waals surface area contributed by atoms with Crippen LogP contribution in [0.2, 0.25) is 0 Å². The molecule has 2 aromatic carbocycles. The third-order valence-corrected chi connectivity index (χ3v) is 2.90. The average molecular weight is 254 g/mol. The molecule has 0 fully saturated rings. The van der Waals surface area contributed by atoms with Crippen molar-refractivity contribution in [3.05, 3.63) is 76.6 Å². The van der Waals surface area contributed by atoms with Gasteiger partial charge in [-0.3, -0.25) is 4.79 Å². The van der Waals surface area contributed by atoms with Crippen LogP contribution in [0.1, 0.15) is 27.0 Å². The maximum absolute atomic E-state index is 13.9. The minimum absolute atomic E-state index is 0.367. The zero-order chi connectivity index (χ0) is 13.8. The van der Waals surface area contributed by atoms with E-state index in [4.69, 9.17) is 0 Å². The van der Waals surface area contributed by atoms with E-state index in [1.807, 2.05) is 26.0 Å². The van der Waals surface area contributed by atoms with Crippen LogP contribution < -0.4 is 0 Å². The summed E-state index contributed by atoms with van der Waals surface area (Å²) < 4.78 is 13.9. The summed E-state index contributed by atoms with van der Waals surface area (Å²) in [7, 11) is 0. The first-order valence-electron chi connectivity index (χ1n) is 6.11. The second-order valence-electron chi connectivity index (χ2n) is 4.60. The number of aryl methyl sites for hydroxylation is 2. The van der Waals surface area contributed by atoms with Crippen LogP contribution in [-0.4, -0.2) is 5.78 Å². The van der Waals surface area contributed by atoms with Gasteiger partial charge in [-0.2, -0.15) is 0 Å². The number of carbonyl (C=O) groups excluding carboxylic acids is 1. The van der Waals surface area contributed by atoms with Crippen molar-refractivity contribution in [2.75, 3.05) is 0 Å². The lowest BCUT2D eigenvalue weighted by atomic mass is 10.1. The SMILES string of the molecule is Cc1ccc(/C=C(\F)C(=O)c2ccc(C)cc2)cc1. The topological polar surface area (TPSA) is 17.1 Å². The Balaban J connectivity index is 2.23. The second kappa shape index (κ2) is 5.61. The van der Waals surface area contributed by atoms with Crippen LogP contribution in [0, 0.1) is 13.8 Å². The number of Topliss-reactive ketones (excluding diaryl/α,β-unsaturated/α-hetero) is 1. The molecule has 0 atom stereocenters. The highest BCUT2D eigenvalue weighted by atomic mass is 19.1. The van der Waals surface area contributed by atoms with E-state index in [-0.39, 0.29) is 0 Å². The van der Waals surface area contributed by atoms with Gasteiger partial charge < -0.3 is 0 Å². The van der Waals surface area contributed by atoms with Crippen LogP contribution >= 0.6 is 0 Å². The van der Waals surface area contributed by atoms with E-state index in [0.717, 1.165) is 11.1 Å². The Kier molecular flexibility index (Phi) is 3.91. The molecule has 0 aromatic heterocycles. The van der Waals surface area contributed by atoms with Gasteiger partial charge in [-0.25, -0.2) is 4.39 Å². The minimum atomic E-state index is -0.743. The van der Waals surface area contributed by atoms with Crippen LogP contribution in [-0.2, 0) is 0 Å². The third-order valence-electron chi connectivity index (χ3n) is 2.90. The predicted molar refractivity (Wildman–Crippen MR) is 75.8 cm³/mol. The molecule has 0 unspecified atom stereocenters. The fraction of sp³-hybridized carbons (Fsp3) is 0.118. The van der Waals surface area contributed by atoms with Crippen molar-refractivity contribution < 1.29 is 9.18 Å². The molecule has 2 heteroatoms. The zero-order valence-corrected chi connectivity index (χ0v) is 11.0. The number of halogens is 1. The van der Waals surface area contributed by atoms with Crippen LogP contribution in [0.25, 0.3) is 6.08 Å². The summed E-state index contributed by atoms with van der Waals surface area (Å²) in [6, 6.07) is 14.2. The lowest BCUT2D eigenvalue weighted by molar-refractivity contribution is 0.101. The van der Waals surface area contributed by atoms with Crippen molar-refractivity contribution in [1.82, 2.24) is 0 Å². The van der Waals surface area contributed by atoms with Crippen LogP contribution in [0.4, 0.5) is 4.39 Å². The summed E-state index contributed by atoms with van der Waals surface area (Å²) in [5.41, 5.74) is 3.19. The first-order chi connectivity index (χ1) is 9.06. The third kappa shape index (κ3) is 3.38. The van der Waals surface area contributed by atoms with Crippen molar-refractivity contribution in [2.45, 2.75) is 13.8 Å². The Morgan fingerprint density at radius 3 is 1.89 bits per heavy atom. The van der Waals surface area contributed by atoms with Crippen molar-refractivity contribution in [3.63, 3.8) is 0 Å². The van der Waals surface area contributed by atoms with Gasteiger partial charge in [0.1, 0.15) is 0 Å². The summed E-state index contributed by atoms with van der Waals surface area (Å²) in [6.45, 7) is 3.88. The maximum Gasteiger partial charge on any atom is 0.221 e. The Labute approximate surface area is 112 Å². The number of hydrogen-bond donors (Lipinski definition) is 0. The van der Waals surface area contributed by atoms with Gasteiger partial charge in [0.2, 0.25) is 5.78 Å². The first-order valence-corrected chi connectivity index (χ1v) is 6.11. The molecule has 96 valence electrons. The van der Waals surface area contributed by atoms with Gasteiger partial charge in [0.05, 0.1) is 0 Å². The smallest absolute Gasteiger partial charge is 0.221 e. The van der Waals surface area contributed by atoms with Gasteiger partial charge in [-0.05, 0) is 25.5 Å². The largest absolute Gasteiger partial charge is 0.286 e. The number of hydrogen-bond acceptors (Lipinski definition) is 1. The fourth-order valence-electron chi connectivity index (χ4n) is 1.72. The number of carbonyl (C=O) groups is 1. The molecule has 0 aliphatic heterocycles. The number of rotatable bonds is 3. The summed E-state index contributed by atoms with van der Waals surface area (Å²) >= 11 is 0. The highest BCUT2D eigenvalue weighted by molar-refractivity contribution is 6.09. The molecular weight excluding hydrogens is 239 g/mol. The zero-order valence-electron chi connectivity index (χ0n) is 11.0. The molecule has 0 saturated heterocycles. The van der Waals surface area contributed by atoms with Gasteiger partial charge >= 0.3 is 0 Å². The van der Waals surface area contributed by atoms with E-state index in [0.29, 0.717) is 11.1 Å². The second-order valence-corrected chi connectivity index (χ2v) is 4.60. The molecule has 0 bridgehead atoms. The van der Waals surface area contributed by atoms with Crippen molar-refractivity contribution in [3.8, 4) is 0 Å². The van der Waals surface area contributed by atoms with Gasteiger partial charge in [0.25, 0.3) is 0 Å². The number of allylic oxidation sites excluding steroid dienone is 1. The summed E-state index contributed by atoms with van der Waals surface area (Å²) in [4.78, 5) is 11.9. The lowest BCUT2D eigenvalue weighted by Gasteiger charge is -2.00. The standard InChI is InChI=1S/C17H15FO/c1-12-3-7-14(8-4-12)11-16(18)17(19)15-9-5-13(2)6-10-15/h3-11H,1-2H3/b16-11-. The molecule has 0 saturated carbocycles. The molecule has 0 heterocycles. The Bertz CT molecular complexity index is 607. The molecule has 1 nitrogen and oxygen atoms in total. The highest BCUT2D eigenvalue weighted by Gasteiger charge is 2.11. The summed E-state index contributed by atoms with van der Waals surface area (Å²) in [5, 5.41) is 0. The normalized spacial score (nSPS) is 11.4. The number of benzene rings is 2. The molecule has 0 amide bonds. The molecule has 19 heavy (non-hydrogen) atoms. The average Bonchev–Trinajstić information content (AvgIpc) is 2.41. The highest BCUT2D eigenvalue weighted by Crippen LogP contribution is 2.15. The molecule has 2 rings (SSSR count). The van der Waals surface area contributed by atoms with Gasteiger partial charge in [0, 0.05) is 5.56 Å². The van der Waals surface area contributed by atoms with E-state index in [9.17, 15) is 9.18 Å². The maximum atomic E-state index is 13.9. The van der Waals surface area contributed by atoms with E-state index in [1.165, 1.54) is 6.08 Å². The van der Waals surface area contributed by atoms with Crippen LogP contribution in [0.15, 0.2) is 54.4 Å². The molecule has 0 radical (unpaired) electrons. The predicted octanol–water partition coefficient (Wildman–Crippen LogP) is 4.50. The Morgan fingerprint density at radius 2 is 1.37 bits per heavy atom. The van der Waals surface area contributed by atoms with Crippen molar-refractivity contribution in [2.24, 2.45) is 0 Å². The molecule has 0 aliphatic rings. The summed E-state index contributed by atoms with van der Waals surface area (Å²) in [5.74, 6) is -1.33. The lowest BCUT2D eigenvalue weighted by Crippen LogP contribution is -1.99. The monoisotopic (exact) mass is 254 g/mol. The van der Waals surface area contributed by atoms with Crippen molar-refractivity contribution in [1.29, 1.82) is 0 Å². The van der Waals surface area contributed by atoms with Crippen LogP contribution in [0.3, 0.4) is 0 Å². The van der Waals surface area contributed by atoms with E-state index in [2.05, 4.69) is 0 Å². The quantitative estimate of drug-likeness (QED) is 0.582. The van der Waals surface area contributed by atoms with Crippen molar-refractivity contribution >= 4 is 11.9 Å². The molecule has 0 spiro atoms. The summed E-state index contributed by atoms with van der Waals surface area (Å²) in [6.07, 6.45) is 1.27. The van der Waals surface area contributed by atoms with E-state index < -0.39 is 11.6 Å². The molecule has 0 N–H and O–H groups in total. The molecule has 0 aliphatic carbocycles. The van der Waals surface area contributed by atoms with Crippen LogP contribution in [0.5, 0.6) is 0 Å². The molecule has 2 aromatic rings.